The molecule has 0 saturated heterocycles. The van der Waals surface area contributed by atoms with Crippen molar-refractivity contribution in [2.45, 2.75) is 26.4 Å². The molecule has 1 unspecified atom stereocenters. The number of hydrogen-bond acceptors (Lipinski definition) is 5. The van der Waals surface area contributed by atoms with Crippen molar-refractivity contribution >= 4 is 10.9 Å². The predicted octanol–water partition coefficient (Wildman–Crippen LogP) is 3.26. The quantitative estimate of drug-likeness (QED) is 0.740. The Morgan fingerprint density at radius 2 is 2.18 bits per heavy atom. The van der Waals surface area contributed by atoms with Gasteiger partial charge in [0.2, 0.25) is 5.89 Å². The molecule has 0 aliphatic rings. The molecule has 22 heavy (non-hydrogen) atoms. The maximum absolute atomic E-state index is 13.6. The van der Waals surface area contributed by atoms with Gasteiger partial charge in [-0.25, -0.2) is 4.39 Å². The first-order chi connectivity index (χ1) is 10.5. The molecule has 0 aliphatic heterocycles. The summed E-state index contributed by atoms with van der Waals surface area (Å²) in [5.74, 6) is 0.907. The molecule has 2 heterocycles. The Morgan fingerprint density at radius 3 is 2.91 bits per heavy atom. The minimum atomic E-state index is -0.299. The lowest BCUT2D eigenvalue weighted by molar-refractivity contribution is 0.202. The van der Waals surface area contributed by atoms with Crippen LogP contribution in [0.1, 0.15) is 30.2 Å². The summed E-state index contributed by atoms with van der Waals surface area (Å²) >= 11 is 0. The van der Waals surface area contributed by atoms with Crippen molar-refractivity contribution in [2.24, 2.45) is 0 Å². The molecule has 0 aliphatic carbocycles. The fourth-order valence-electron chi connectivity index (χ4n) is 2.35. The summed E-state index contributed by atoms with van der Waals surface area (Å²) in [7, 11) is 1.97. The van der Waals surface area contributed by atoms with Gasteiger partial charge >= 0.3 is 0 Å². The first-order valence-electron chi connectivity index (χ1n) is 7.08. The van der Waals surface area contributed by atoms with Gasteiger partial charge in [-0.3, -0.25) is 9.88 Å². The number of para-hydroxylation sites is 1. The molecule has 0 radical (unpaired) electrons. The Morgan fingerprint density at radius 1 is 1.36 bits per heavy atom. The van der Waals surface area contributed by atoms with Gasteiger partial charge in [0, 0.05) is 18.1 Å². The minimum Gasteiger partial charge on any atom is -0.338 e. The van der Waals surface area contributed by atoms with Crippen LogP contribution in [0.4, 0.5) is 4.39 Å². The summed E-state index contributed by atoms with van der Waals surface area (Å²) in [6, 6.07) is 6.91. The van der Waals surface area contributed by atoms with Crippen molar-refractivity contribution in [3.05, 3.63) is 53.6 Å². The van der Waals surface area contributed by atoms with E-state index in [4.69, 9.17) is 4.52 Å². The van der Waals surface area contributed by atoms with Gasteiger partial charge in [-0.1, -0.05) is 17.3 Å². The zero-order valence-electron chi connectivity index (χ0n) is 12.7. The summed E-state index contributed by atoms with van der Waals surface area (Å²) in [5.41, 5.74) is 1.40. The minimum absolute atomic E-state index is 0.00981. The second-order valence-corrected chi connectivity index (χ2v) is 5.43. The molecule has 3 rings (SSSR count). The van der Waals surface area contributed by atoms with Gasteiger partial charge < -0.3 is 4.52 Å². The number of rotatable bonds is 4. The van der Waals surface area contributed by atoms with Crippen LogP contribution in [0, 0.1) is 12.7 Å². The van der Waals surface area contributed by atoms with Crippen LogP contribution in [-0.2, 0) is 6.54 Å². The van der Waals surface area contributed by atoms with Crippen molar-refractivity contribution in [3.63, 3.8) is 0 Å². The molecule has 0 spiro atoms. The van der Waals surface area contributed by atoms with Crippen LogP contribution in [0.3, 0.4) is 0 Å². The number of benzene rings is 1. The van der Waals surface area contributed by atoms with Crippen molar-refractivity contribution in [1.82, 2.24) is 20.0 Å². The SMILES string of the molecule is Cc1noc(C(C)N(C)Cc2cnc3c(F)cccc3c2)n1. The summed E-state index contributed by atoms with van der Waals surface area (Å²) < 4.78 is 18.8. The van der Waals surface area contributed by atoms with Gasteiger partial charge in [-0.2, -0.15) is 4.98 Å². The average molecular weight is 300 g/mol. The van der Waals surface area contributed by atoms with E-state index in [-0.39, 0.29) is 11.9 Å². The highest BCUT2D eigenvalue weighted by Crippen LogP contribution is 2.21. The molecule has 0 N–H and O–H groups in total. The molecule has 5 nitrogen and oxygen atoms in total. The zero-order valence-corrected chi connectivity index (χ0v) is 12.7. The van der Waals surface area contributed by atoms with E-state index >= 15 is 0 Å². The predicted molar refractivity (Wildman–Crippen MR) is 80.6 cm³/mol. The number of nitrogens with zero attached hydrogens (tertiary/aromatic N) is 4. The van der Waals surface area contributed by atoms with Crippen LogP contribution in [0.15, 0.2) is 35.0 Å². The third-order valence-electron chi connectivity index (χ3n) is 3.71. The Kier molecular flexibility index (Phi) is 3.85. The Bertz CT molecular complexity index is 802. The molecule has 0 bridgehead atoms. The smallest absolute Gasteiger partial charge is 0.243 e. The summed E-state index contributed by atoms with van der Waals surface area (Å²) in [5, 5.41) is 4.61. The molecular weight excluding hydrogens is 283 g/mol. The van der Waals surface area contributed by atoms with E-state index in [0.29, 0.717) is 23.8 Å². The zero-order chi connectivity index (χ0) is 15.7. The van der Waals surface area contributed by atoms with E-state index in [1.54, 1.807) is 19.2 Å². The fraction of sp³-hybridized carbons (Fsp3) is 0.312. The highest BCUT2D eigenvalue weighted by Gasteiger charge is 2.18. The van der Waals surface area contributed by atoms with Gasteiger partial charge in [0.25, 0.3) is 0 Å². The topological polar surface area (TPSA) is 55.1 Å². The molecule has 1 atom stereocenters. The van der Waals surface area contributed by atoms with Crippen molar-refractivity contribution in [3.8, 4) is 0 Å². The molecule has 0 saturated carbocycles. The van der Waals surface area contributed by atoms with Crippen LogP contribution >= 0.6 is 0 Å². The monoisotopic (exact) mass is 300 g/mol. The van der Waals surface area contributed by atoms with Crippen molar-refractivity contribution < 1.29 is 8.91 Å². The Labute approximate surface area is 127 Å². The number of halogens is 1. The maximum Gasteiger partial charge on any atom is 0.243 e. The first kappa shape index (κ1) is 14.6. The van der Waals surface area contributed by atoms with Crippen molar-refractivity contribution in [2.75, 3.05) is 7.05 Å². The van der Waals surface area contributed by atoms with E-state index in [9.17, 15) is 4.39 Å². The lowest BCUT2D eigenvalue weighted by Crippen LogP contribution is -2.22. The van der Waals surface area contributed by atoms with Crippen LogP contribution in [0.5, 0.6) is 0 Å². The van der Waals surface area contributed by atoms with Crippen molar-refractivity contribution in [1.29, 1.82) is 0 Å². The number of aromatic nitrogens is 3. The molecule has 0 amide bonds. The standard InChI is InChI=1S/C16H17FN4O/c1-10(16-19-11(2)20-22-16)21(3)9-12-7-13-5-4-6-14(17)15(13)18-8-12/h4-8,10H,9H2,1-3H3. The molecule has 114 valence electrons. The molecule has 3 aromatic rings. The molecule has 2 aromatic heterocycles. The van der Waals surface area contributed by atoms with Gasteiger partial charge in [-0.15, -0.1) is 0 Å². The Hall–Kier alpha value is -2.34. The number of fused-ring (bicyclic) bond motifs is 1. The van der Waals surface area contributed by atoms with E-state index in [0.717, 1.165) is 10.9 Å². The van der Waals surface area contributed by atoms with Gasteiger partial charge in [0.15, 0.2) is 5.82 Å². The second kappa shape index (κ2) is 5.81. The summed E-state index contributed by atoms with van der Waals surface area (Å²) in [6.07, 6.45) is 1.70. The molecule has 0 fully saturated rings. The number of aryl methyl sites for hydroxylation is 1. The Balaban J connectivity index is 1.80. The lowest BCUT2D eigenvalue weighted by Gasteiger charge is -2.21. The third-order valence-corrected chi connectivity index (χ3v) is 3.71. The maximum atomic E-state index is 13.6. The van der Waals surface area contributed by atoms with E-state index < -0.39 is 0 Å². The lowest BCUT2D eigenvalue weighted by atomic mass is 10.1. The van der Waals surface area contributed by atoms with Crippen LogP contribution in [0.25, 0.3) is 10.9 Å². The molecular formula is C16H17FN4O. The highest BCUT2D eigenvalue weighted by molar-refractivity contribution is 5.79. The van der Waals surface area contributed by atoms with Gasteiger partial charge in [0.05, 0.1) is 6.04 Å². The van der Waals surface area contributed by atoms with Crippen LogP contribution < -0.4 is 0 Å². The van der Waals surface area contributed by atoms with E-state index in [1.807, 2.05) is 26.1 Å². The molecule has 6 heteroatoms. The largest absolute Gasteiger partial charge is 0.338 e. The summed E-state index contributed by atoms with van der Waals surface area (Å²) in [6.45, 7) is 4.45. The van der Waals surface area contributed by atoms with E-state index in [2.05, 4.69) is 20.0 Å². The normalized spacial score (nSPS) is 13.0. The van der Waals surface area contributed by atoms with E-state index in [1.165, 1.54) is 6.07 Å². The summed E-state index contributed by atoms with van der Waals surface area (Å²) in [4.78, 5) is 10.5. The number of pyridine rings is 1. The molecule has 1 aromatic carbocycles. The van der Waals surface area contributed by atoms with Gasteiger partial charge in [0.1, 0.15) is 11.3 Å². The third kappa shape index (κ3) is 2.82. The second-order valence-electron chi connectivity index (χ2n) is 5.43. The van der Waals surface area contributed by atoms with Gasteiger partial charge in [-0.05, 0) is 38.6 Å². The van der Waals surface area contributed by atoms with Crippen LogP contribution in [-0.4, -0.2) is 27.1 Å². The van der Waals surface area contributed by atoms with Crippen LogP contribution in [0.2, 0.25) is 0 Å². The highest BCUT2D eigenvalue weighted by atomic mass is 19.1. The number of hydrogen-bond donors (Lipinski definition) is 0. The first-order valence-corrected chi connectivity index (χ1v) is 7.08. The fourth-order valence-corrected chi connectivity index (χ4v) is 2.35. The average Bonchev–Trinajstić information content (AvgIpc) is 2.93.